The second kappa shape index (κ2) is 6.11. The van der Waals surface area contributed by atoms with E-state index >= 15 is 0 Å². The van der Waals surface area contributed by atoms with E-state index in [-0.39, 0.29) is 0 Å². The summed E-state index contributed by atoms with van der Waals surface area (Å²) in [6.07, 6.45) is 5.36. The maximum absolute atomic E-state index is 5.76. The number of hydrogen-bond acceptors (Lipinski definition) is 5. The summed E-state index contributed by atoms with van der Waals surface area (Å²) in [4.78, 5) is 8.09. The van der Waals surface area contributed by atoms with E-state index < -0.39 is 0 Å². The molecule has 0 bridgehead atoms. The van der Waals surface area contributed by atoms with Gasteiger partial charge in [-0.1, -0.05) is 0 Å². The standard InChI is InChI=1S/C14H22N4OS/c1-17(9-11-3-2-7-19-10-11)13-12(4-5-15)18-6-8-20-14(18)16-13/h6,8,11H,2-5,7,9-10,15H2,1H3. The average Bonchev–Trinajstić information content (AvgIpc) is 3.03. The molecule has 2 aromatic heterocycles. The highest BCUT2D eigenvalue weighted by Crippen LogP contribution is 2.26. The Morgan fingerprint density at radius 1 is 1.60 bits per heavy atom. The zero-order valence-electron chi connectivity index (χ0n) is 11.9. The van der Waals surface area contributed by atoms with Crippen molar-refractivity contribution in [2.45, 2.75) is 19.3 Å². The predicted octanol–water partition coefficient (Wildman–Crippen LogP) is 1.76. The van der Waals surface area contributed by atoms with Crippen molar-refractivity contribution >= 4 is 22.1 Å². The number of nitrogens with zero attached hydrogens (tertiary/aromatic N) is 3. The summed E-state index contributed by atoms with van der Waals surface area (Å²) in [5.74, 6) is 1.69. The zero-order valence-corrected chi connectivity index (χ0v) is 12.7. The normalized spacial score (nSPS) is 19.6. The van der Waals surface area contributed by atoms with Gasteiger partial charge < -0.3 is 15.4 Å². The van der Waals surface area contributed by atoms with Gasteiger partial charge in [0, 0.05) is 38.2 Å². The van der Waals surface area contributed by atoms with Gasteiger partial charge in [-0.3, -0.25) is 4.40 Å². The van der Waals surface area contributed by atoms with Crippen molar-refractivity contribution in [2.24, 2.45) is 11.7 Å². The maximum atomic E-state index is 5.76. The molecular formula is C14H22N4OS. The molecule has 1 saturated heterocycles. The molecule has 0 aromatic carbocycles. The van der Waals surface area contributed by atoms with Gasteiger partial charge in [0.25, 0.3) is 0 Å². The van der Waals surface area contributed by atoms with Gasteiger partial charge in [0.15, 0.2) is 10.8 Å². The van der Waals surface area contributed by atoms with Gasteiger partial charge in [0.05, 0.1) is 12.3 Å². The molecule has 2 aromatic rings. The molecule has 5 nitrogen and oxygen atoms in total. The van der Waals surface area contributed by atoms with Gasteiger partial charge in [0.1, 0.15) is 0 Å². The SMILES string of the molecule is CN(CC1CCCOC1)c1nc2sccn2c1CCN. The van der Waals surface area contributed by atoms with Crippen LogP contribution in [0.2, 0.25) is 0 Å². The summed E-state index contributed by atoms with van der Waals surface area (Å²) in [6.45, 7) is 3.44. The lowest BCUT2D eigenvalue weighted by Gasteiger charge is -2.27. The molecule has 0 amide bonds. The summed E-state index contributed by atoms with van der Waals surface area (Å²) in [5, 5.41) is 2.07. The number of aromatic nitrogens is 2. The van der Waals surface area contributed by atoms with Crippen LogP contribution < -0.4 is 10.6 Å². The minimum Gasteiger partial charge on any atom is -0.381 e. The fraction of sp³-hybridized carbons (Fsp3) is 0.643. The smallest absolute Gasteiger partial charge is 0.195 e. The van der Waals surface area contributed by atoms with E-state index in [2.05, 4.69) is 27.9 Å². The number of fused-ring (bicyclic) bond motifs is 1. The van der Waals surface area contributed by atoms with Gasteiger partial charge in [0.2, 0.25) is 0 Å². The van der Waals surface area contributed by atoms with Crippen LogP contribution in [0.5, 0.6) is 0 Å². The van der Waals surface area contributed by atoms with Crippen molar-refractivity contribution < 1.29 is 4.74 Å². The van der Waals surface area contributed by atoms with Gasteiger partial charge >= 0.3 is 0 Å². The van der Waals surface area contributed by atoms with Crippen LogP contribution in [-0.2, 0) is 11.2 Å². The van der Waals surface area contributed by atoms with E-state index in [0.29, 0.717) is 12.5 Å². The molecular weight excluding hydrogens is 272 g/mol. The fourth-order valence-electron chi connectivity index (χ4n) is 2.92. The Kier molecular flexibility index (Phi) is 4.24. The number of rotatable bonds is 5. The summed E-state index contributed by atoms with van der Waals surface area (Å²) < 4.78 is 7.74. The minimum absolute atomic E-state index is 0.610. The Balaban J connectivity index is 1.80. The summed E-state index contributed by atoms with van der Waals surface area (Å²) in [5.41, 5.74) is 6.98. The Hall–Kier alpha value is -1.11. The first kappa shape index (κ1) is 13.9. The molecule has 0 saturated carbocycles. The lowest BCUT2D eigenvalue weighted by molar-refractivity contribution is 0.0576. The largest absolute Gasteiger partial charge is 0.381 e. The van der Waals surface area contributed by atoms with Crippen LogP contribution in [0.25, 0.3) is 4.96 Å². The number of imidazole rings is 1. The van der Waals surface area contributed by atoms with Crippen molar-refractivity contribution in [3.8, 4) is 0 Å². The van der Waals surface area contributed by atoms with Crippen molar-refractivity contribution in [3.05, 3.63) is 17.3 Å². The number of hydrogen-bond donors (Lipinski definition) is 1. The molecule has 3 rings (SSSR count). The second-order valence-corrected chi connectivity index (χ2v) is 6.31. The quantitative estimate of drug-likeness (QED) is 0.913. The van der Waals surface area contributed by atoms with Crippen LogP contribution in [0.4, 0.5) is 5.82 Å². The van der Waals surface area contributed by atoms with Gasteiger partial charge in [-0.2, -0.15) is 0 Å². The third-order valence-corrected chi connectivity index (χ3v) is 4.63. The molecule has 0 aliphatic carbocycles. The number of nitrogens with two attached hydrogens (primary N) is 1. The highest BCUT2D eigenvalue weighted by Gasteiger charge is 2.20. The topological polar surface area (TPSA) is 55.8 Å². The predicted molar refractivity (Wildman–Crippen MR) is 82.6 cm³/mol. The molecule has 1 unspecified atom stereocenters. The van der Waals surface area contributed by atoms with Gasteiger partial charge in [-0.05, 0) is 25.3 Å². The monoisotopic (exact) mass is 294 g/mol. The van der Waals surface area contributed by atoms with E-state index in [0.717, 1.165) is 37.0 Å². The molecule has 3 heterocycles. The first-order valence-corrected chi connectivity index (χ1v) is 8.11. The average molecular weight is 294 g/mol. The van der Waals surface area contributed by atoms with Crippen molar-refractivity contribution in [2.75, 3.05) is 38.3 Å². The Morgan fingerprint density at radius 2 is 2.50 bits per heavy atom. The summed E-state index contributed by atoms with van der Waals surface area (Å²) in [7, 11) is 2.13. The summed E-state index contributed by atoms with van der Waals surface area (Å²) in [6, 6.07) is 0. The molecule has 0 spiro atoms. The lowest BCUT2D eigenvalue weighted by atomic mass is 10.0. The zero-order chi connectivity index (χ0) is 13.9. The highest BCUT2D eigenvalue weighted by atomic mass is 32.1. The second-order valence-electron chi connectivity index (χ2n) is 5.44. The van der Waals surface area contributed by atoms with E-state index in [1.807, 2.05) is 0 Å². The van der Waals surface area contributed by atoms with Crippen LogP contribution in [0.15, 0.2) is 11.6 Å². The van der Waals surface area contributed by atoms with Gasteiger partial charge in [-0.25, -0.2) is 4.98 Å². The van der Waals surface area contributed by atoms with Crippen molar-refractivity contribution in [1.29, 1.82) is 0 Å². The van der Waals surface area contributed by atoms with Crippen LogP contribution in [0.3, 0.4) is 0 Å². The number of thiazole rings is 1. The van der Waals surface area contributed by atoms with Crippen LogP contribution in [0, 0.1) is 5.92 Å². The fourth-order valence-corrected chi connectivity index (χ4v) is 3.65. The molecule has 1 fully saturated rings. The summed E-state index contributed by atoms with van der Waals surface area (Å²) >= 11 is 1.67. The van der Waals surface area contributed by atoms with Gasteiger partial charge in [-0.15, -0.1) is 11.3 Å². The highest BCUT2D eigenvalue weighted by molar-refractivity contribution is 7.15. The molecule has 20 heavy (non-hydrogen) atoms. The third-order valence-electron chi connectivity index (χ3n) is 3.87. The Labute approximate surface area is 123 Å². The molecule has 1 aliphatic heterocycles. The molecule has 6 heteroatoms. The molecule has 2 N–H and O–H groups in total. The van der Waals surface area contributed by atoms with E-state index in [1.54, 1.807) is 11.3 Å². The van der Waals surface area contributed by atoms with Crippen LogP contribution in [-0.4, -0.2) is 42.7 Å². The Bertz CT molecular complexity index is 559. The lowest BCUT2D eigenvalue weighted by Crippen LogP contribution is -2.31. The molecule has 0 radical (unpaired) electrons. The third kappa shape index (κ3) is 2.68. The van der Waals surface area contributed by atoms with Crippen LogP contribution in [0.1, 0.15) is 18.5 Å². The first-order valence-electron chi connectivity index (χ1n) is 7.23. The van der Waals surface area contributed by atoms with Crippen molar-refractivity contribution in [3.63, 3.8) is 0 Å². The van der Waals surface area contributed by atoms with E-state index in [9.17, 15) is 0 Å². The molecule has 1 atom stereocenters. The van der Waals surface area contributed by atoms with Crippen molar-refractivity contribution in [1.82, 2.24) is 9.38 Å². The van der Waals surface area contributed by atoms with E-state index in [1.165, 1.54) is 18.5 Å². The Morgan fingerprint density at radius 3 is 3.25 bits per heavy atom. The number of anilines is 1. The maximum Gasteiger partial charge on any atom is 0.195 e. The van der Waals surface area contributed by atoms with Crippen LogP contribution >= 0.6 is 11.3 Å². The van der Waals surface area contributed by atoms with E-state index in [4.69, 9.17) is 15.5 Å². The first-order chi connectivity index (χ1) is 9.79. The number of ether oxygens (including phenoxy) is 1. The molecule has 110 valence electrons. The minimum atomic E-state index is 0.610. The molecule has 1 aliphatic rings.